The lowest BCUT2D eigenvalue weighted by atomic mass is 9.64. The van der Waals surface area contributed by atoms with Crippen molar-refractivity contribution in [2.24, 2.45) is 11.3 Å². The summed E-state index contributed by atoms with van der Waals surface area (Å²) in [6, 6.07) is 1.08. The molecule has 0 bridgehead atoms. The van der Waals surface area contributed by atoms with E-state index in [1.54, 1.807) is 10.8 Å². The average molecular weight is 567 g/mol. The maximum atomic E-state index is 14.3. The zero-order valence-electron chi connectivity index (χ0n) is 23.5. The minimum absolute atomic E-state index is 0.00286. The highest BCUT2D eigenvalue weighted by atomic mass is 19.4. The van der Waals surface area contributed by atoms with E-state index in [1.807, 2.05) is 13.8 Å². The zero-order chi connectivity index (χ0) is 28.2. The van der Waals surface area contributed by atoms with Gasteiger partial charge in [-0.25, -0.2) is 15.6 Å². The zero-order valence-corrected chi connectivity index (χ0v) is 23.5. The number of morpholine rings is 1. The number of nitrogens with one attached hydrogen (secondary N) is 2. The van der Waals surface area contributed by atoms with Gasteiger partial charge in [0, 0.05) is 43.5 Å². The van der Waals surface area contributed by atoms with Crippen molar-refractivity contribution in [2.45, 2.75) is 83.1 Å². The Hall–Kier alpha value is -1.96. The maximum absolute atomic E-state index is 14.3. The SMILES string of the molecule is C[C@@H]1CN(Cc2cc(C(F)(F)F)c3cn(C4CCCC(C5(CC6NNCN6C)COC5)C4)c(=O)n3c2)C[C@@H](C)O1. The minimum atomic E-state index is -4.57. The molecule has 9 nitrogen and oxygen atoms in total. The number of hydrazine groups is 1. The fourth-order valence-electron chi connectivity index (χ4n) is 7.47. The number of ether oxygens (including phenoxy) is 2. The summed E-state index contributed by atoms with van der Waals surface area (Å²) in [5, 5.41) is 0. The van der Waals surface area contributed by atoms with Gasteiger partial charge in [-0.3, -0.25) is 18.8 Å². The van der Waals surface area contributed by atoms with Crippen molar-refractivity contribution in [1.82, 2.24) is 29.6 Å². The normalized spacial score (nSPS) is 32.0. The van der Waals surface area contributed by atoms with Crippen LogP contribution in [0.3, 0.4) is 0 Å². The molecule has 222 valence electrons. The van der Waals surface area contributed by atoms with E-state index in [1.165, 1.54) is 16.7 Å². The fraction of sp³-hybridized carbons (Fsp3) is 0.750. The Morgan fingerprint density at radius 1 is 1.12 bits per heavy atom. The highest BCUT2D eigenvalue weighted by Gasteiger charge is 2.49. The molecule has 1 saturated carbocycles. The van der Waals surface area contributed by atoms with Crippen LogP contribution < -0.4 is 16.5 Å². The second-order valence-electron chi connectivity index (χ2n) is 12.6. The molecule has 1 aliphatic carbocycles. The van der Waals surface area contributed by atoms with Crippen LogP contribution in [0.5, 0.6) is 0 Å². The molecule has 0 amide bonds. The Morgan fingerprint density at radius 2 is 1.88 bits per heavy atom. The molecule has 3 aliphatic heterocycles. The summed E-state index contributed by atoms with van der Waals surface area (Å²) in [5.74, 6) is 0.341. The molecule has 40 heavy (non-hydrogen) atoms. The number of rotatable bonds is 6. The topological polar surface area (TPSA) is 75.4 Å². The molecule has 2 aromatic rings. The van der Waals surface area contributed by atoms with E-state index in [9.17, 15) is 18.0 Å². The van der Waals surface area contributed by atoms with Crippen LogP contribution in [-0.4, -0.2) is 77.2 Å². The van der Waals surface area contributed by atoms with Crippen LogP contribution in [0, 0.1) is 11.3 Å². The summed E-state index contributed by atoms with van der Waals surface area (Å²) in [6.45, 7) is 7.68. The van der Waals surface area contributed by atoms with Crippen LogP contribution in [-0.2, 0) is 22.2 Å². The number of halogens is 3. The van der Waals surface area contributed by atoms with Crippen LogP contribution >= 0.6 is 0 Å². The number of pyridine rings is 1. The Kier molecular flexibility index (Phi) is 7.54. The first-order chi connectivity index (χ1) is 19.0. The van der Waals surface area contributed by atoms with Crippen LogP contribution in [0.1, 0.15) is 63.1 Å². The second kappa shape index (κ2) is 10.7. The molecule has 4 fully saturated rings. The molecule has 3 saturated heterocycles. The maximum Gasteiger partial charge on any atom is 0.418 e. The molecule has 0 radical (unpaired) electrons. The first-order valence-corrected chi connectivity index (χ1v) is 14.5. The van der Waals surface area contributed by atoms with Crippen molar-refractivity contribution >= 4 is 5.52 Å². The third kappa shape index (κ3) is 5.34. The molecule has 5 heterocycles. The third-order valence-electron chi connectivity index (χ3n) is 9.47. The van der Waals surface area contributed by atoms with Crippen LogP contribution in [0.2, 0.25) is 0 Å². The Balaban J connectivity index is 1.29. The molecule has 2 N–H and O–H groups in total. The summed E-state index contributed by atoms with van der Waals surface area (Å²) >= 11 is 0. The fourth-order valence-corrected chi connectivity index (χ4v) is 7.47. The predicted molar refractivity (Wildman–Crippen MR) is 143 cm³/mol. The Bertz CT molecular complexity index is 1260. The van der Waals surface area contributed by atoms with Crippen molar-refractivity contribution in [3.05, 3.63) is 40.1 Å². The largest absolute Gasteiger partial charge is 0.418 e. The van der Waals surface area contributed by atoms with Crippen molar-refractivity contribution < 1.29 is 22.6 Å². The molecule has 6 rings (SSSR count). The van der Waals surface area contributed by atoms with Gasteiger partial charge in [0.1, 0.15) is 0 Å². The van der Waals surface area contributed by atoms with E-state index in [0.29, 0.717) is 44.3 Å². The van der Waals surface area contributed by atoms with E-state index < -0.39 is 17.4 Å². The van der Waals surface area contributed by atoms with Gasteiger partial charge >= 0.3 is 11.9 Å². The van der Waals surface area contributed by atoms with Crippen LogP contribution in [0.4, 0.5) is 13.2 Å². The second-order valence-corrected chi connectivity index (χ2v) is 12.6. The summed E-state index contributed by atoms with van der Waals surface area (Å²) < 4.78 is 57.2. The minimum Gasteiger partial charge on any atom is -0.380 e. The van der Waals surface area contributed by atoms with E-state index in [0.717, 1.165) is 38.8 Å². The molecular weight excluding hydrogens is 525 g/mol. The van der Waals surface area contributed by atoms with Gasteiger partial charge in [0.15, 0.2) is 0 Å². The van der Waals surface area contributed by atoms with Crippen LogP contribution in [0.15, 0.2) is 23.3 Å². The van der Waals surface area contributed by atoms with Gasteiger partial charge in [0.2, 0.25) is 0 Å². The van der Waals surface area contributed by atoms with Crippen LogP contribution in [0.25, 0.3) is 5.52 Å². The van der Waals surface area contributed by atoms with Crippen molar-refractivity contribution in [3.8, 4) is 0 Å². The van der Waals surface area contributed by atoms with Gasteiger partial charge < -0.3 is 9.47 Å². The summed E-state index contributed by atoms with van der Waals surface area (Å²) in [7, 11) is 2.08. The summed E-state index contributed by atoms with van der Waals surface area (Å²) in [4.78, 5) is 18.0. The van der Waals surface area contributed by atoms with Gasteiger partial charge in [-0.05, 0) is 64.1 Å². The standard InChI is InChI=1S/C28H41F3N6O3/c1-18-10-35(11-19(2)40-18)12-20-7-23(28(29,30)31)24-14-36(26(38)37(24)13-20)22-6-4-5-21(8-22)27(15-39-16-27)9-25-33-32-17-34(25)3/h7,13-14,18-19,21-22,25,32-33H,4-6,8-12,15-17H2,1-3H3/t18-,19-,21?,22?,25?/m1/s1. The number of aromatic nitrogens is 2. The lowest BCUT2D eigenvalue weighted by molar-refractivity contribution is -0.167. The van der Waals surface area contributed by atoms with Crippen molar-refractivity contribution in [1.29, 1.82) is 0 Å². The van der Waals surface area contributed by atoms with Gasteiger partial charge in [0.25, 0.3) is 0 Å². The number of hydrogen-bond donors (Lipinski definition) is 2. The lowest BCUT2D eigenvalue weighted by Gasteiger charge is -2.51. The highest BCUT2D eigenvalue weighted by molar-refractivity contribution is 5.56. The molecule has 4 aliphatic rings. The molecule has 2 aromatic heterocycles. The summed E-state index contributed by atoms with van der Waals surface area (Å²) in [6.07, 6.45) is 3.15. The number of fused-ring (bicyclic) bond motifs is 1. The molecule has 5 atom stereocenters. The van der Waals surface area contributed by atoms with Crippen molar-refractivity contribution in [3.63, 3.8) is 0 Å². The van der Waals surface area contributed by atoms with Gasteiger partial charge in [-0.15, -0.1) is 0 Å². The molecule has 12 heteroatoms. The van der Waals surface area contributed by atoms with E-state index in [2.05, 4.69) is 27.7 Å². The average Bonchev–Trinajstić information content (AvgIpc) is 3.42. The van der Waals surface area contributed by atoms with E-state index >= 15 is 0 Å². The predicted octanol–water partition coefficient (Wildman–Crippen LogP) is 3.19. The highest BCUT2D eigenvalue weighted by Crippen LogP contribution is 2.49. The smallest absolute Gasteiger partial charge is 0.380 e. The van der Waals surface area contributed by atoms with E-state index in [-0.39, 0.29) is 35.3 Å². The number of nitrogens with zero attached hydrogens (tertiary/aromatic N) is 4. The lowest BCUT2D eigenvalue weighted by Crippen LogP contribution is -2.54. The molecular formula is C28H41F3N6O3. The van der Waals surface area contributed by atoms with Gasteiger partial charge in [-0.1, -0.05) is 6.42 Å². The molecule has 3 unspecified atom stereocenters. The Morgan fingerprint density at radius 3 is 2.50 bits per heavy atom. The monoisotopic (exact) mass is 566 g/mol. The van der Waals surface area contributed by atoms with Crippen molar-refractivity contribution in [2.75, 3.05) is 40.0 Å². The van der Waals surface area contributed by atoms with Gasteiger partial charge in [-0.2, -0.15) is 13.2 Å². The number of hydrogen-bond acceptors (Lipinski definition) is 7. The quantitative estimate of drug-likeness (QED) is 0.557. The molecule has 0 aromatic carbocycles. The first-order valence-electron chi connectivity index (χ1n) is 14.5. The first kappa shape index (κ1) is 28.2. The third-order valence-corrected chi connectivity index (χ3v) is 9.47. The van der Waals surface area contributed by atoms with E-state index in [4.69, 9.17) is 9.47 Å². The van der Waals surface area contributed by atoms with Gasteiger partial charge in [0.05, 0.1) is 49.3 Å². The number of imidazole rings is 1. The molecule has 0 spiro atoms. The summed E-state index contributed by atoms with van der Waals surface area (Å²) in [5.41, 5.74) is 5.81. The Labute approximate surface area is 232 Å². The number of alkyl halides is 3.